The topological polar surface area (TPSA) is 12.0 Å². The van der Waals surface area contributed by atoms with Crippen LogP contribution >= 0.6 is 11.6 Å². The highest BCUT2D eigenvalue weighted by Crippen LogP contribution is 2.03. The molecule has 0 aromatic rings. The van der Waals surface area contributed by atoms with E-state index in [1.807, 2.05) is 0 Å². The van der Waals surface area contributed by atoms with Gasteiger partial charge < -0.3 is 5.32 Å². The fraction of sp³-hybridized carbons (Fsp3) is 1.00. The molecule has 0 spiro atoms. The summed E-state index contributed by atoms with van der Waals surface area (Å²) < 4.78 is 0. The Kier molecular flexibility index (Phi) is 1.33. The van der Waals surface area contributed by atoms with E-state index < -0.39 is 0 Å². The van der Waals surface area contributed by atoms with Gasteiger partial charge in [0.25, 0.3) is 0 Å². The highest BCUT2D eigenvalue weighted by Gasteiger charge is 2.08. The zero-order valence-electron chi connectivity index (χ0n) is 3.58. The van der Waals surface area contributed by atoms with Crippen molar-refractivity contribution in [2.45, 2.75) is 11.8 Å². The molecule has 1 aliphatic heterocycles. The van der Waals surface area contributed by atoms with Gasteiger partial charge in [0.2, 0.25) is 0 Å². The van der Waals surface area contributed by atoms with Crippen LogP contribution in [0.5, 0.6) is 0 Å². The van der Waals surface area contributed by atoms with Crippen LogP contribution in [-0.2, 0) is 0 Å². The second kappa shape index (κ2) is 1.80. The molecule has 1 atom stereocenters. The van der Waals surface area contributed by atoms with Crippen molar-refractivity contribution in [1.82, 2.24) is 5.32 Å². The van der Waals surface area contributed by atoms with Gasteiger partial charge in [-0.05, 0) is 13.0 Å². The van der Waals surface area contributed by atoms with E-state index in [2.05, 4.69) is 5.32 Å². The molecule has 2 heteroatoms. The number of alkyl halides is 1. The van der Waals surface area contributed by atoms with Crippen LogP contribution in [-0.4, -0.2) is 18.5 Å². The highest BCUT2D eigenvalue weighted by atomic mass is 35.5. The average Bonchev–Trinajstić information content (AvgIpc) is 1.86. The van der Waals surface area contributed by atoms with Crippen molar-refractivity contribution in [3.8, 4) is 0 Å². The zero-order valence-corrected chi connectivity index (χ0v) is 4.33. The van der Waals surface area contributed by atoms with Crippen molar-refractivity contribution in [2.75, 3.05) is 13.1 Å². The summed E-state index contributed by atoms with van der Waals surface area (Å²) in [5.41, 5.74) is 0. The van der Waals surface area contributed by atoms with Crippen molar-refractivity contribution >= 4 is 11.6 Å². The summed E-state index contributed by atoms with van der Waals surface area (Å²) in [5.74, 6) is 0. The minimum absolute atomic E-state index is 0.407. The van der Waals surface area contributed by atoms with Crippen molar-refractivity contribution in [3.05, 3.63) is 0 Å². The van der Waals surface area contributed by atoms with Gasteiger partial charge in [-0.3, -0.25) is 0 Å². The van der Waals surface area contributed by atoms with Crippen LogP contribution in [0.15, 0.2) is 0 Å². The molecule has 1 aliphatic rings. The fourth-order valence-corrected chi connectivity index (χ4v) is 0.838. The predicted molar refractivity (Wildman–Crippen MR) is 27.1 cm³/mol. The molecule has 1 N–H and O–H groups in total. The lowest BCUT2D eigenvalue weighted by Crippen LogP contribution is -2.07. The quantitative estimate of drug-likeness (QED) is 0.445. The largest absolute Gasteiger partial charge is 0.315 e. The number of rotatable bonds is 0. The summed E-state index contributed by atoms with van der Waals surface area (Å²) in [6.07, 6.45) is 1.14. The first-order chi connectivity index (χ1) is 2.89. The molecule has 0 aliphatic carbocycles. The maximum atomic E-state index is 5.65. The smallest absolute Gasteiger partial charge is 0.0472 e. The Morgan fingerprint density at radius 3 is 2.67 bits per heavy atom. The molecule has 1 nitrogen and oxygen atoms in total. The predicted octanol–water partition coefficient (Wildman–Crippen LogP) is 0.587. The Morgan fingerprint density at radius 1 is 1.67 bits per heavy atom. The van der Waals surface area contributed by atoms with Crippen LogP contribution in [0.4, 0.5) is 0 Å². The summed E-state index contributed by atoms with van der Waals surface area (Å²) >= 11 is 5.65. The third-order valence-electron chi connectivity index (χ3n) is 1.00. The van der Waals surface area contributed by atoms with E-state index in [0.717, 1.165) is 19.5 Å². The second-order valence-electron chi connectivity index (χ2n) is 1.59. The second-order valence-corrected chi connectivity index (χ2v) is 2.21. The summed E-state index contributed by atoms with van der Waals surface area (Å²) in [7, 11) is 0. The lowest BCUT2D eigenvalue weighted by atomic mass is 10.4. The van der Waals surface area contributed by atoms with Gasteiger partial charge in [0.15, 0.2) is 0 Å². The number of halogens is 1. The molecular formula is C4H8ClN. The van der Waals surface area contributed by atoms with Gasteiger partial charge in [-0.1, -0.05) is 0 Å². The third kappa shape index (κ3) is 0.854. The highest BCUT2D eigenvalue weighted by molar-refractivity contribution is 6.20. The molecule has 1 fully saturated rings. The standard InChI is InChI=1S/C4H8ClN/c5-4-1-2-6-3-4/h4,6H,1-3H2/t4-/m1/s1. The van der Waals surface area contributed by atoms with Crippen molar-refractivity contribution < 1.29 is 0 Å². The van der Waals surface area contributed by atoms with Gasteiger partial charge in [-0.15, -0.1) is 11.6 Å². The van der Waals surface area contributed by atoms with Crippen molar-refractivity contribution in [2.24, 2.45) is 0 Å². The Balaban J connectivity index is 2.18. The van der Waals surface area contributed by atoms with Gasteiger partial charge >= 0.3 is 0 Å². The molecule has 0 bridgehead atoms. The van der Waals surface area contributed by atoms with E-state index in [1.165, 1.54) is 0 Å². The Labute approximate surface area is 42.7 Å². The van der Waals surface area contributed by atoms with E-state index in [-0.39, 0.29) is 0 Å². The molecule has 6 heavy (non-hydrogen) atoms. The van der Waals surface area contributed by atoms with Crippen molar-refractivity contribution in [3.63, 3.8) is 0 Å². The van der Waals surface area contributed by atoms with E-state index in [4.69, 9.17) is 11.6 Å². The minimum Gasteiger partial charge on any atom is -0.315 e. The van der Waals surface area contributed by atoms with E-state index in [0.29, 0.717) is 5.38 Å². The first-order valence-electron chi connectivity index (χ1n) is 2.24. The molecule has 0 saturated carbocycles. The van der Waals surface area contributed by atoms with E-state index in [9.17, 15) is 0 Å². The molecule has 36 valence electrons. The van der Waals surface area contributed by atoms with E-state index >= 15 is 0 Å². The first-order valence-corrected chi connectivity index (χ1v) is 2.68. The molecule has 1 heterocycles. The van der Waals surface area contributed by atoms with Gasteiger partial charge in [0.05, 0.1) is 0 Å². The lowest BCUT2D eigenvalue weighted by Gasteiger charge is -1.87. The molecule has 0 aromatic carbocycles. The van der Waals surface area contributed by atoms with Crippen LogP contribution in [0, 0.1) is 0 Å². The SMILES string of the molecule is Cl[C@@H]1CCNC1. The van der Waals surface area contributed by atoms with Gasteiger partial charge in [0, 0.05) is 11.9 Å². The molecular weight excluding hydrogens is 97.5 g/mol. The minimum atomic E-state index is 0.407. The fourth-order valence-electron chi connectivity index (χ4n) is 0.619. The summed E-state index contributed by atoms with van der Waals surface area (Å²) in [4.78, 5) is 0. The van der Waals surface area contributed by atoms with Crippen LogP contribution in [0.25, 0.3) is 0 Å². The zero-order chi connectivity index (χ0) is 4.41. The molecule has 1 saturated heterocycles. The van der Waals surface area contributed by atoms with Gasteiger partial charge in [-0.2, -0.15) is 0 Å². The van der Waals surface area contributed by atoms with Gasteiger partial charge in [0.1, 0.15) is 0 Å². The Hall–Kier alpha value is 0.250. The first kappa shape index (κ1) is 4.41. The Bertz CT molecular complexity index is 40.8. The van der Waals surface area contributed by atoms with Crippen molar-refractivity contribution in [1.29, 1.82) is 0 Å². The molecule has 0 unspecified atom stereocenters. The van der Waals surface area contributed by atoms with Crippen LogP contribution < -0.4 is 5.32 Å². The number of hydrogen-bond acceptors (Lipinski definition) is 1. The normalized spacial score (nSPS) is 34.5. The van der Waals surface area contributed by atoms with Crippen LogP contribution in [0.2, 0.25) is 0 Å². The molecule has 0 radical (unpaired) electrons. The summed E-state index contributed by atoms with van der Waals surface area (Å²) in [6.45, 7) is 2.11. The van der Waals surface area contributed by atoms with Crippen LogP contribution in [0.3, 0.4) is 0 Å². The Morgan fingerprint density at radius 2 is 2.50 bits per heavy atom. The molecule has 0 amide bonds. The van der Waals surface area contributed by atoms with Gasteiger partial charge in [-0.25, -0.2) is 0 Å². The average molecular weight is 106 g/mol. The molecule has 0 aromatic heterocycles. The number of nitrogens with one attached hydrogen (secondary N) is 1. The van der Waals surface area contributed by atoms with Crippen LogP contribution in [0.1, 0.15) is 6.42 Å². The lowest BCUT2D eigenvalue weighted by molar-refractivity contribution is 0.858. The number of hydrogen-bond donors (Lipinski definition) is 1. The maximum Gasteiger partial charge on any atom is 0.0472 e. The summed E-state index contributed by atoms with van der Waals surface area (Å²) in [6, 6.07) is 0. The summed E-state index contributed by atoms with van der Waals surface area (Å²) in [5, 5.41) is 3.55. The monoisotopic (exact) mass is 105 g/mol. The van der Waals surface area contributed by atoms with E-state index in [1.54, 1.807) is 0 Å². The molecule has 1 rings (SSSR count). The maximum absolute atomic E-state index is 5.65. The third-order valence-corrected chi connectivity index (χ3v) is 1.37.